The van der Waals surface area contributed by atoms with Crippen molar-refractivity contribution in [2.75, 3.05) is 0 Å². The van der Waals surface area contributed by atoms with Gasteiger partial charge in [0.15, 0.2) is 10.9 Å². The maximum Gasteiger partial charge on any atom is 0.356 e. The van der Waals surface area contributed by atoms with Crippen molar-refractivity contribution in [1.82, 2.24) is 9.55 Å². The molecular weight excluding hydrogens is 178 g/mol. The van der Waals surface area contributed by atoms with Gasteiger partial charge < -0.3 is 10.1 Å². The van der Waals surface area contributed by atoms with E-state index in [1.807, 2.05) is 6.92 Å². The normalized spacial score (nSPS) is 10.2. The Morgan fingerprint density at radius 1 is 1.75 bits per heavy atom. The summed E-state index contributed by atoms with van der Waals surface area (Å²) < 4.78 is 1.52. The first-order chi connectivity index (χ1) is 5.57. The second-order valence-electron chi connectivity index (χ2n) is 2.31. The molecule has 0 aliphatic heterocycles. The number of thiol groups is 1. The molecule has 1 aromatic heterocycles. The highest BCUT2D eigenvalue weighted by Crippen LogP contribution is 2.22. The van der Waals surface area contributed by atoms with Crippen molar-refractivity contribution in [3.63, 3.8) is 0 Å². The van der Waals surface area contributed by atoms with E-state index in [1.165, 1.54) is 4.57 Å². The lowest BCUT2D eigenvalue weighted by atomic mass is 10.6. The Bertz CT molecular complexity index is 321. The van der Waals surface area contributed by atoms with Crippen LogP contribution in [0.4, 0.5) is 5.82 Å². The molecule has 0 radical (unpaired) electrons. The van der Waals surface area contributed by atoms with Gasteiger partial charge in [-0.3, -0.25) is 0 Å². The fourth-order valence-electron chi connectivity index (χ4n) is 1.10. The molecule has 0 saturated heterocycles. The summed E-state index contributed by atoms with van der Waals surface area (Å²) >= 11 is 3.91. The number of nitro groups is 1. The summed E-state index contributed by atoms with van der Waals surface area (Å²) in [6.45, 7) is 4.08. The molecule has 0 spiro atoms. The summed E-state index contributed by atoms with van der Waals surface area (Å²) in [5.74, 6) is 0.590. The predicted molar refractivity (Wildman–Crippen MR) is 46.5 cm³/mol. The molecule has 0 atom stereocenters. The molecule has 0 N–H and O–H groups in total. The van der Waals surface area contributed by atoms with Gasteiger partial charge in [0.1, 0.15) is 0 Å². The van der Waals surface area contributed by atoms with Crippen molar-refractivity contribution in [2.24, 2.45) is 0 Å². The smallest absolute Gasteiger partial charge is 0.356 e. The quantitative estimate of drug-likeness (QED) is 0.432. The molecule has 0 aliphatic rings. The lowest BCUT2D eigenvalue weighted by molar-refractivity contribution is -0.395. The maximum atomic E-state index is 10.5. The van der Waals surface area contributed by atoms with Crippen molar-refractivity contribution >= 4 is 18.4 Å². The molecule has 0 amide bonds. The SMILES string of the molecule is CCn1c(C)nc(S)c1[N+](=O)[O-]. The zero-order valence-corrected chi connectivity index (χ0v) is 7.71. The van der Waals surface area contributed by atoms with Crippen molar-refractivity contribution < 1.29 is 4.92 Å². The molecule has 0 aliphatic carbocycles. The highest BCUT2D eigenvalue weighted by molar-refractivity contribution is 7.80. The highest BCUT2D eigenvalue weighted by Gasteiger charge is 2.21. The van der Waals surface area contributed by atoms with E-state index in [-0.39, 0.29) is 10.8 Å². The highest BCUT2D eigenvalue weighted by atomic mass is 32.1. The molecule has 1 aromatic rings. The third-order valence-electron chi connectivity index (χ3n) is 1.60. The zero-order chi connectivity index (χ0) is 9.30. The van der Waals surface area contributed by atoms with Crippen LogP contribution in [0.2, 0.25) is 0 Å². The summed E-state index contributed by atoms with van der Waals surface area (Å²) in [5.41, 5.74) is 0. The molecule has 0 aromatic carbocycles. The molecule has 0 fully saturated rings. The number of imidazole rings is 1. The number of rotatable bonds is 2. The Hall–Kier alpha value is -1.04. The Morgan fingerprint density at radius 3 is 2.67 bits per heavy atom. The minimum absolute atomic E-state index is 0.0293. The lowest BCUT2D eigenvalue weighted by Crippen LogP contribution is -2.02. The van der Waals surface area contributed by atoms with Crippen LogP contribution < -0.4 is 0 Å². The average molecular weight is 187 g/mol. The molecule has 6 heteroatoms. The van der Waals surface area contributed by atoms with Gasteiger partial charge in [-0.2, -0.15) is 4.98 Å². The van der Waals surface area contributed by atoms with Crippen LogP contribution in [0.15, 0.2) is 5.03 Å². The molecular formula is C6H9N3O2S. The summed E-state index contributed by atoms with van der Waals surface area (Å²) in [4.78, 5) is 13.9. The van der Waals surface area contributed by atoms with E-state index in [0.29, 0.717) is 12.4 Å². The molecule has 0 saturated carbocycles. The molecule has 5 nitrogen and oxygen atoms in total. The van der Waals surface area contributed by atoms with E-state index in [1.54, 1.807) is 6.92 Å². The van der Waals surface area contributed by atoms with Crippen LogP contribution in [0.1, 0.15) is 12.7 Å². The summed E-state index contributed by atoms with van der Waals surface area (Å²) in [6.07, 6.45) is 0. The van der Waals surface area contributed by atoms with Crippen LogP contribution in [0.25, 0.3) is 0 Å². The van der Waals surface area contributed by atoms with Crippen molar-refractivity contribution in [2.45, 2.75) is 25.4 Å². The van der Waals surface area contributed by atoms with Gasteiger partial charge in [-0.15, -0.1) is 12.6 Å². The fraction of sp³-hybridized carbons (Fsp3) is 0.500. The molecule has 1 rings (SSSR count). The second kappa shape index (κ2) is 3.14. The Morgan fingerprint density at radius 2 is 2.33 bits per heavy atom. The Kier molecular flexibility index (Phi) is 2.37. The lowest BCUT2D eigenvalue weighted by Gasteiger charge is -1.97. The van der Waals surface area contributed by atoms with Gasteiger partial charge in [-0.25, -0.2) is 4.57 Å². The number of hydrogen-bond donors (Lipinski definition) is 1. The first kappa shape index (κ1) is 9.05. The molecule has 0 bridgehead atoms. The van der Waals surface area contributed by atoms with Crippen LogP contribution >= 0.6 is 12.6 Å². The largest absolute Gasteiger partial charge is 0.358 e. The van der Waals surface area contributed by atoms with E-state index in [9.17, 15) is 10.1 Å². The molecule has 12 heavy (non-hydrogen) atoms. The standard InChI is InChI=1S/C6H9N3O2S/c1-3-8-4(2)7-5(12)6(8)9(10)11/h12H,3H2,1-2H3. The van der Waals surface area contributed by atoms with Crippen molar-refractivity contribution in [3.05, 3.63) is 15.9 Å². The summed E-state index contributed by atoms with van der Waals surface area (Å²) in [7, 11) is 0. The van der Waals surface area contributed by atoms with Crippen LogP contribution in [-0.2, 0) is 6.54 Å². The van der Waals surface area contributed by atoms with Crippen molar-refractivity contribution in [1.29, 1.82) is 0 Å². The van der Waals surface area contributed by atoms with E-state index < -0.39 is 4.92 Å². The predicted octanol–water partition coefficient (Wildman–Crippen LogP) is 1.41. The van der Waals surface area contributed by atoms with Crippen LogP contribution in [0, 0.1) is 17.0 Å². The second-order valence-corrected chi connectivity index (χ2v) is 2.73. The molecule has 1 heterocycles. The van der Waals surface area contributed by atoms with Gasteiger partial charge in [-0.1, -0.05) is 0 Å². The van der Waals surface area contributed by atoms with Crippen molar-refractivity contribution in [3.8, 4) is 0 Å². The number of hydrogen-bond acceptors (Lipinski definition) is 4. The van der Waals surface area contributed by atoms with E-state index in [4.69, 9.17) is 0 Å². The number of nitrogens with zero attached hydrogens (tertiary/aromatic N) is 3. The Labute approximate surface area is 75.0 Å². The summed E-state index contributed by atoms with van der Waals surface area (Å²) in [6, 6.07) is 0. The van der Waals surface area contributed by atoms with E-state index >= 15 is 0 Å². The topological polar surface area (TPSA) is 61.0 Å². The van der Waals surface area contributed by atoms with Crippen LogP contribution in [0.3, 0.4) is 0 Å². The molecule has 0 unspecified atom stereocenters. The van der Waals surface area contributed by atoms with E-state index in [0.717, 1.165) is 0 Å². The van der Waals surface area contributed by atoms with Gasteiger partial charge >= 0.3 is 5.82 Å². The van der Waals surface area contributed by atoms with Crippen LogP contribution in [-0.4, -0.2) is 14.5 Å². The first-order valence-electron chi connectivity index (χ1n) is 3.48. The fourth-order valence-corrected chi connectivity index (χ4v) is 1.44. The minimum Gasteiger partial charge on any atom is -0.358 e. The average Bonchev–Trinajstić information content (AvgIpc) is 2.24. The minimum atomic E-state index is -0.466. The van der Waals surface area contributed by atoms with Crippen LogP contribution in [0.5, 0.6) is 0 Å². The summed E-state index contributed by atoms with van der Waals surface area (Å²) in [5, 5.41) is 10.7. The van der Waals surface area contributed by atoms with Gasteiger partial charge in [-0.05, 0) is 11.8 Å². The monoisotopic (exact) mass is 187 g/mol. The third-order valence-corrected chi connectivity index (χ3v) is 1.90. The maximum absolute atomic E-state index is 10.5. The van der Waals surface area contributed by atoms with E-state index in [2.05, 4.69) is 17.6 Å². The molecule has 66 valence electrons. The first-order valence-corrected chi connectivity index (χ1v) is 3.93. The zero-order valence-electron chi connectivity index (χ0n) is 6.81. The number of aryl methyl sites for hydroxylation is 1. The third kappa shape index (κ3) is 1.29. The number of aromatic nitrogens is 2. The Balaban J connectivity index is 3.32. The van der Waals surface area contributed by atoms with Gasteiger partial charge in [0, 0.05) is 6.92 Å². The van der Waals surface area contributed by atoms with Gasteiger partial charge in [0.05, 0.1) is 6.54 Å². The van der Waals surface area contributed by atoms with Gasteiger partial charge in [0.25, 0.3) is 0 Å². The van der Waals surface area contributed by atoms with Gasteiger partial charge in [0.2, 0.25) is 0 Å².